The molecule has 0 atom stereocenters. The Labute approximate surface area is 163 Å². The minimum atomic E-state index is -3.56. The SMILES string of the molecule is Cc1ccc(NCC(=O)Nc2ccc(Cl)cc2Cl)cc1S(=O)(=O)N(C)C. The average Bonchev–Trinajstić information content (AvgIpc) is 2.56. The summed E-state index contributed by atoms with van der Waals surface area (Å²) in [5.74, 6) is -0.327. The zero-order valence-electron chi connectivity index (χ0n) is 14.5. The van der Waals surface area contributed by atoms with Crippen molar-refractivity contribution in [3.8, 4) is 0 Å². The molecule has 1 amide bonds. The molecule has 26 heavy (non-hydrogen) atoms. The number of sulfonamides is 1. The number of nitrogens with one attached hydrogen (secondary N) is 2. The van der Waals surface area contributed by atoms with Crippen LogP contribution in [0.5, 0.6) is 0 Å². The predicted molar refractivity (Wildman–Crippen MR) is 106 cm³/mol. The number of carbonyl (C=O) groups excluding carboxylic acids is 1. The van der Waals surface area contributed by atoms with Crippen molar-refractivity contribution < 1.29 is 13.2 Å². The molecule has 0 radical (unpaired) electrons. The Morgan fingerprint density at radius 1 is 1.12 bits per heavy atom. The Hall–Kier alpha value is -1.80. The Bertz CT molecular complexity index is 931. The standard InChI is InChI=1S/C17H19Cl2N3O3S/c1-11-4-6-13(9-16(11)26(24,25)22(2)3)20-10-17(23)21-15-7-5-12(18)8-14(15)19/h4-9,20H,10H2,1-3H3,(H,21,23). The fraction of sp³-hybridized carbons (Fsp3) is 0.235. The molecule has 2 aromatic rings. The molecule has 6 nitrogen and oxygen atoms in total. The van der Waals surface area contributed by atoms with Gasteiger partial charge in [0.05, 0.1) is 22.2 Å². The lowest BCUT2D eigenvalue weighted by Crippen LogP contribution is -2.24. The number of anilines is 2. The number of benzene rings is 2. The molecule has 0 saturated heterocycles. The largest absolute Gasteiger partial charge is 0.376 e. The smallest absolute Gasteiger partial charge is 0.243 e. The van der Waals surface area contributed by atoms with Crippen molar-refractivity contribution in [2.75, 3.05) is 31.3 Å². The van der Waals surface area contributed by atoms with Gasteiger partial charge in [0, 0.05) is 24.8 Å². The van der Waals surface area contributed by atoms with Gasteiger partial charge in [0.25, 0.3) is 0 Å². The van der Waals surface area contributed by atoms with Gasteiger partial charge in [0.1, 0.15) is 0 Å². The molecule has 0 aliphatic carbocycles. The first kappa shape index (κ1) is 20.5. The Morgan fingerprint density at radius 2 is 1.81 bits per heavy atom. The van der Waals surface area contributed by atoms with Crippen molar-refractivity contribution in [1.82, 2.24) is 4.31 Å². The van der Waals surface area contributed by atoms with Gasteiger partial charge < -0.3 is 10.6 Å². The Balaban J connectivity index is 2.09. The van der Waals surface area contributed by atoms with Gasteiger partial charge >= 0.3 is 0 Å². The second-order valence-electron chi connectivity index (χ2n) is 5.79. The average molecular weight is 416 g/mol. The quantitative estimate of drug-likeness (QED) is 0.754. The Kier molecular flexibility index (Phi) is 6.52. The third-order valence-electron chi connectivity index (χ3n) is 3.61. The number of carbonyl (C=O) groups is 1. The summed E-state index contributed by atoms with van der Waals surface area (Å²) < 4.78 is 25.8. The van der Waals surface area contributed by atoms with E-state index in [0.29, 0.717) is 27.0 Å². The van der Waals surface area contributed by atoms with E-state index in [1.54, 1.807) is 31.2 Å². The molecule has 0 aromatic heterocycles. The van der Waals surface area contributed by atoms with Crippen LogP contribution in [-0.4, -0.2) is 39.3 Å². The zero-order valence-corrected chi connectivity index (χ0v) is 16.8. The normalized spacial score (nSPS) is 11.5. The minimum absolute atomic E-state index is 0.0521. The molecule has 0 spiro atoms. The number of hydrogen-bond acceptors (Lipinski definition) is 4. The van der Waals surface area contributed by atoms with Gasteiger partial charge in [-0.25, -0.2) is 12.7 Å². The van der Waals surface area contributed by atoms with E-state index in [2.05, 4.69) is 10.6 Å². The molecule has 0 bridgehead atoms. The highest BCUT2D eigenvalue weighted by Crippen LogP contribution is 2.25. The molecule has 140 valence electrons. The van der Waals surface area contributed by atoms with Crippen molar-refractivity contribution in [2.24, 2.45) is 0 Å². The highest BCUT2D eigenvalue weighted by Gasteiger charge is 2.20. The molecule has 0 aliphatic rings. The van der Waals surface area contributed by atoms with Crippen LogP contribution >= 0.6 is 23.2 Å². The second kappa shape index (κ2) is 8.26. The maximum Gasteiger partial charge on any atom is 0.243 e. The van der Waals surface area contributed by atoms with Crippen LogP contribution in [0.2, 0.25) is 10.0 Å². The summed E-state index contributed by atoms with van der Waals surface area (Å²) >= 11 is 11.8. The lowest BCUT2D eigenvalue weighted by Gasteiger charge is -2.15. The molecule has 0 unspecified atom stereocenters. The van der Waals surface area contributed by atoms with E-state index in [-0.39, 0.29) is 17.3 Å². The lowest BCUT2D eigenvalue weighted by molar-refractivity contribution is -0.114. The van der Waals surface area contributed by atoms with Crippen molar-refractivity contribution >= 4 is 50.5 Å². The fourth-order valence-electron chi connectivity index (χ4n) is 2.15. The van der Waals surface area contributed by atoms with Crippen LogP contribution in [0, 0.1) is 6.92 Å². The van der Waals surface area contributed by atoms with Crippen LogP contribution < -0.4 is 10.6 Å². The first-order valence-electron chi connectivity index (χ1n) is 7.63. The number of nitrogens with zero attached hydrogens (tertiary/aromatic N) is 1. The van der Waals surface area contributed by atoms with Crippen LogP contribution in [0.4, 0.5) is 11.4 Å². The summed E-state index contributed by atoms with van der Waals surface area (Å²) in [6, 6.07) is 9.67. The third kappa shape index (κ3) is 4.88. The van der Waals surface area contributed by atoms with Crippen LogP contribution in [0.25, 0.3) is 0 Å². The van der Waals surface area contributed by atoms with Crippen LogP contribution in [-0.2, 0) is 14.8 Å². The number of hydrogen-bond donors (Lipinski definition) is 2. The van der Waals surface area contributed by atoms with E-state index in [1.807, 2.05) is 0 Å². The predicted octanol–water partition coefficient (Wildman–Crippen LogP) is 3.60. The molecule has 0 fully saturated rings. The van der Waals surface area contributed by atoms with Gasteiger partial charge in [-0.15, -0.1) is 0 Å². The van der Waals surface area contributed by atoms with E-state index >= 15 is 0 Å². The highest BCUT2D eigenvalue weighted by atomic mass is 35.5. The second-order valence-corrected chi connectivity index (χ2v) is 8.76. The number of rotatable bonds is 6. The van der Waals surface area contributed by atoms with Gasteiger partial charge in [0.15, 0.2) is 0 Å². The first-order chi connectivity index (χ1) is 12.1. The molecule has 0 heterocycles. The summed E-state index contributed by atoms with van der Waals surface area (Å²) in [6.45, 7) is 1.67. The summed E-state index contributed by atoms with van der Waals surface area (Å²) in [5.41, 5.74) is 1.60. The van der Waals surface area contributed by atoms with Gasteiger partial charge in [0.2, 0.25) is 15.9 Å². The summed E-state index contributed by atoms with van der Waals surface area (Å²) in [4.78, 5) is 12.3. The topological polar surface area (TPSA) is 78.5 Å². The van der Waals surface area contributed by atoms with E-state index in [4.69, 9.17) is 23.2 Å². The van der Waals surface area contributed by atoms with Gasteiger partial charge in [-0.3, -0.25) is 4.79 Å². The molecule has 2 rings (SSSR count). The Morgan fingerprint density at radius 3 is 2.42 bits per heavy atom. The van der Waals surface area contributed by atoms with Crippen molar-refractivity contribution in [1.29, 1.82) is 0 Å². The van der Waals surface area contributed by atoms with Gasteiger partial charge in [-0.05, 0) is 42.8 Å². The van der Waals surface area contributed by atoms with Gasteiger partial charge in [-0.2, -0.15) is 0 Å². The van der Waals surface area contributed by atoms with E-state index in [0.717, 1.165) is 4.31 Å². The summed E-state index contributed by atoms with van der Waals surface area (Å²) in [7, 11) is -0.623. The van der Waals surface area contributed by atoms with E-state index < -0.39 is 10.0 Å². The maximum absolute atomic E-state index is 12.3. The van der Waals surface area contributed by atoms with Gasteiger partial charge in [-0.1, -0.05) is 29.3 Å². The van der Waals surface area contributed by atoms with Crippen molar-refractivity contribution in [2.45, 2.75) is 11.8 Å². The summed E-state index contributed by atoms with van der Waals surface area (Å²) in [5, 5.41) is 6.38. The summed E-state index contributed by atoms with van der Waals surface area (Å²) in [6.07, 6.45) is 0. The van der Waals surface area contributed by atoms with Crippen molar-refractivity contribution in [3.63, 3.8) is 0 Å². The highest BCUT2D eigenvalue weighted by molar-refractivity contribution is 7.89. The molecule has 2 aromatic carbocycles. The fourth-order valence-corrected chi connectivity index (χ4v) is 3.75. The third-order valence-corrected chi connectivity index (χ3v) is 6.11. The number of halogens is 2. The molecular formula is C17H19Cl2N3O3S. The maximum atomic E-state index is 12.3. The molecule has 0 saturated carbocycles. The minimum Gasteiger partial charge on any atom is -0.376 e. The monoisotopic (exact) mass is 415 g/mol. The molecule has 2 N–H and O–H groups in total. The zero-order chi connectivity index (χ0) is 19.5. The molecular weight excluding hydrogens is 397 g/mol. The van der Waals surface area contributed by atoms with Crippen LogP contribution in [0.3, 0.4) is 0 Å². The lowest BCUT2D eigenvalue weighted by atomic mass is 10.2. The first-order valence-corrected chi connectivity index (χ1v) is 9.83. The number of amides is 1. The molecule has 9 heteroatoms. The van der Waals surface area contributed by atoms with E-state index in [1.165, 1.54) is 26.2 Å². The van der Waals surface area contributed by atoms with E-state index in [9.17, 15) is 13.2 Å². The van der Waals surface area contributed by atoms with Crippen molar-refractivity contribution in [3.05, 3.63) is 52.0 Å². The van der Waals surface area contributed by atoms with Crippen LogP contribution in [0.1, 0.15) is 5.56 Å². The number of aryl methyl sites for hydroxylation is 1. The molecule has 0 aliphatic heterocycles. The van der Waals surface area contributed by atoms with Crippen LogP contribution in [0.15, 0.2) is 41.3 Å².